The molecule has 1 heterocycles. The Morgan fingerprint density at radius 3 is 2.57 bits per heavy atom. The number of nitrogens with zero attached hydrogens (tertiary/aromatic N) is 1. The normalized spacial score (nSPS) is 17.4. The van der Waals surface area contributed by atoms with Crippen molar-refractivity contribution in [3.63, 3.8) is 0 Å². The average Bonchev–Trinajstić information content (AvgIpc) is 2.69. The molecule has 0 radical (unpaired) electrons. The number of aromatic nitrogens is 1. The van der Waals surface area contributed by atoms with Crippen molar-refractivity contribution in [3.05, 3.63) is 16.7 Å². The Morgan fingerprint density at radius 1 is 1.29 bits per heavy atom. The summed E-state index contributed by atoms with van der Waals surface area (Å²) in [7, 11) is -3.56. The molecule has 0 bridgehead atoms. The van der Waals surface area contributed by atoms with E-state index in [0.29, 0.717) is 16.8 Å². The van der Waals surface area contributed by atoms with Crippen LogP contribution in [0.3, 0.4) is 0 Å². The maximum Gasteiger partial charge on any atom is 0.244 e. The lowest BCUT2D eigenvalue weighted by Crippen LogP contribution is -2.35. The molecule has 118 valence electrons. The van der Waals surface area contributed by atoms with Gasteiger partial charge in [0, 0.05) is 23.3 Å². The second-order valence-corrected chi connectivity index (χ2v) is 7.94. The van der Waals surface area contributed by atoms with E-state index in [-0.39, 0.29) is 10.9 Å². The highest BCUT2D eigenvalue weighted by Crippen LogP contribution is 2.25. The van der Waals surface area contributed by atoms with Crippen molar-refractivity contribution in [2.75, 3.05) is 11.9 Å². The molecule has 21 heavy (non-hydrogen) atoms. The average molecular weight is 376 g/mol. The predicted octanol–water partition coefficient (Wildman–Crippen LogP) is 3.28. The van der Waals surface area contributed by atoms with Gasteiger partial charge in [-0.25, -0.2) is 18.1 Å². The van der Waals surface area contributed by atoms with Crippen molar-refractivity contribution in [1.82, 2.24) is 9.71 Å². The third-order valence-electron chi connectivity index (χ3n) is 3.63. The van der Waals surface area contributed by atoms with Crippen molar-refractivity contribution in [2.45, 2.75) is 56.4 Å². The van der Waals surface area contributed by atoms with Gasteiger partial charge in [0.1, 0.15) is 10.7 Å². The van der Waals surface area contributed by atoms with Gasteiger partial charge in [-0.1, -0.05) is 25.7 Å². The number of nitrogens with one attached hydrogen (secondary N) is 2. The minimum atomic E-state index is -3.56. The van der Waals surface area contributed by atoms with Gasteiger partial charge in [0.15, 0.2) is 0 Å². The quantitative estimate of drug-likeness (QED) is 0.774. The van der Waals surface area contributed by atoms with Crippen molar-refractivity contribution in [2.24, 2.45) is 0 Å². The van der Waals surface area contributed by atoms with Crippen LogP contribution < -0.4 is 10.0 Å². The van der Waals surface area contributed by atoms with Crippen LogP contribution in [0.2, 0.25) is 0 Å². The molecule has 0 spiro atoms. The molecule has 0 saturated heterocycles. The van der Waals surface area contributed by atoms with Gasteiger partial charge in [0.25, 0.3) is 0 Å². The third kappa shape index (κ3) is 4.66. The third-order valence-corrected chi connectivity index (χ3v) is 5.60. The molecule has 1 saturated carbocycles. The fourth-order valence-corrected chi connectivity index (χ4v) is 4.55. The fourth-order valence-electron chi connectivity index (χ4n) is 2.61. The van der Waals surface area contributed by atoms with Gasteiger partial charge < -0.3 is 5.32 Å². The molecule has 5 nitrogen and oxygen atoms in total. The molecule has 0 unspecified atom stereocenters. The molecule has 1 fully saturated rings. The summed E-state index contributed by atoms with van der Waals surface area (Å²) in [4.78, 5) is 4.38. The molecule has 1 aliphatic carbocycles. The van der Waals surface area contributed by atoms with E-state index in [1.165, 1.54) is 12.8 Å². The van der Waals surface area contributed by atoms with Crippen molar-refractivity contribution in [1.29, 1.82) is 0 Å². The Morgan fingerprint density at radius 2 is 1.95 bits per heavy atom. The summed E-state index contributed by atoms with van der Waals surface area (Å²) in [5.74, 6) is 0.404. The molecule has 0 aromatic carbocycles. The number of anilines is 1. The minimum absolute atomic E-state index is 0.0333. The number of halogens is 1. The van der Waals surface area contributed by atoms with Crippen LogP contribution in [0.25, 0.3) is 0 Å². The molecular weight excluding hydrogens is 354 g/mol. The van der Waals surface area contributed by atoms with E-state index in [1.54, 1.807) is 12.3 Å². The van der Waals surface area contributed by atoms with Crippen LogP contribution in [0.5, 0.6) is 0 Å². The number of sulfonamides is 1. The number of pyridine rings is 1. The molecule has 2 N–H and O–H groups in total. The largest absolute Gasteiger partial charge is 0.369 e. The topological polar surface area (TPSA) is 71.1 Å². The van der Waals surface area contributed by atoms with E-state index in [2.05, 4.69) is 31.0 Å². The van der Waals surface area contributed by atoms with Crippen LogP contribution in [0.15, 0.2) is 21.6 Å². The lowest BCUT2D eigenvalue weighted by Gasteiger charge is -2.18. The van der Waals surface area contributed by atoms with Crippen molar-refractivity contribution < 1.29 is 8.42 Å². The Labute approximate surface area is 135 Å². The second kappa shape index (κ2) is 7.56. The van der Waals surface area contributed by atoms with E-state index >= 15 is 0 Å². The number of hydrogen-bond acceptors (Lipinski definition) is 4. The summed E-state index contributed by atoms with van der Waals surface area (Å²) >= 11 is 3.30. The standard InChI is InChI=1S/C14H22BrN3O2S/c1-2-16-14-13(9-11(15)10-17-14)21(19,20)18-12-7-5-3-4-6-8-12/h9-10,12,18H,2-8H2,1H3,(H,16,17). The monoisotopic (exact) mass is 375 g/mol. The van der Waals surface area contributed by atoms with E-state index in [1.807, 2.05) is 6.92 Å². The van der Waals surface area contributed by atoms with Crippen LogP contribution in [0.4, 0.5) is 5.82 Å². The van der Waals surface area contributed by atoms with E-state index in [0.717, 1.165) is 25.7 Å². The number of rotatable bonds is 5. The van der Waals surface area contributed by atoms with Crippen molar-refractivity contribution in [3.8, 4) is 0 Å². The van der Waals surface area contributed by atoms with Gasteiger partial charge in [-0.05, 0) is 41.8 Å². The first-order valence-electron chi connectivity index (χ1n) is 7.44. The van der Waals surface area contributed by atoms with Gasteiger partial charge in [-0.2, -0.15) is 0 Å². The SMILES string of the molecule is CCNc1ncc(Br)cc1S(=O)(=O)NC1CCCCCC1. The summed E-state index contributed by atoms with van der Waals surface area (Å²) in [5, 5.41) is 3.01. The molecule has 1 aromatic rings. The molecule has 0 atom stereocenters. The Hall–Kier alpha value is -0.660. The zero-order valence-electron chi connectivity index (χ0n) is 12.2. The first kappa shape index (κ1) is 16.7. The molecule has 0 aliphatic heterocycles. The summed E-state index contributed by atoms with van der Waals surface area (Å²) in [6.45, 7) is 2.54. The highest BCUT2D eigenvalue weighted by molar-refractivity contribution is 9.10. The highest BCUT2D eigenvalue weighted by Gasteiger charge is 2.24. The van der Waals surface area contributed by atoms with Crippen LogP contribution >= 0.6 is 15.9 Å². The Kier molecular flexibility index (Phi) is 6.01. The van der Waals surface area contributed by atoms with E-state index in [9.17, 15) is 8.42 Å². The maximum absolute atomic E-state index is 12.6. The second-order valence-electron chi connectivity index (χ2n) is 5.34. The molecule has 7 heteroatoms. The smallest absolute Gasteiger partial charge is 0.244 e. The number of hydrogen-bond donors (Lipinski definition) is 2. The Bertz CT molecular complexity index is 570. The van der Waals surface area contributed by atoms with Gasteiger partial charge >= 0.3 is 0 Å². The van der Waals surface area contributed by atoms with Gasteiger partial charge in [0.2, 0.25) is 10.0 Å². The van der Waals surface area contributed by atoms with Gasteiger partial charge in [-0.15, -0.1) is 0 Å². The summed E-state index contributed by atoms with van der Waals surface area (Å²) in [5.41, 5.74) is 0. The maximum atomic E-state index is 12.6. The van der Waals surface area contributed by atoms with Gasteiger partial charge in [-0.3, -0.25) is 0 Å². The first-order valence-corrected chi connectivity index (χ1v) is 9.72. The summed E-state index contributed by atoms with van der Waals surface area (Å²) < 4.78 is 28.8. The molecule has 2 rings (SSSR count). The fraction of sp³-hybridized carbons (Fsp3) is 0.643. The van der Waals surface area contributed by atoms with Gasteiger partial charge in [0.05, 0.1) is 0 Å². The lowest BCUT2D eigenvalue weighted by atomic mass is 10.1. The highest BCUT2D eigenvalue weighted by atomic mass is 79.9. The zero-order valence-corrected chi connectivity index (χ0v) is 14.6. The van der Waals surface area contributed by atoms with Crippen LogP contribution in [0, 0.1) is 0 Å². The molecular formula is C14H22BrN3O2S. The van der Waals surface area contributed by atoms with Crippen molar-refractivity contribution >= 4 is 31.8 Å². The molecule has 1 aliphatic rings. The molecule has 1 aromatic heterocycles. The summed E-state index contributed by atoms with van der Waals surface area (Å²) in [6.07, 6.45) is 7.99. The zero-order chi connectivity index (χ0) is 15.3. The summed E-state index contributed by atoms with van der Waals surface area (Å²) in [6, 6.07) is 1.63. The predicted molar refractivity (Wildman–Crippen MR) is 87.9 cm³/mol. The van der Waals surface area contributed by atoms with Crippen LogP contribution in [-0.4, -0.2) is 26.0 Å². The van der Waals surface area contributed by atoms with Crippen LogP contribution in [0.1, 0.15) is 45.4 Å². The lowest BCUT2D eigenvalue weighted by molar-refractivity contribution is 0.510. The first-order chi connectivity index (χ1) is 10.0. The molecule has 0 amide bonds. The minimum Gasteiger partial charge on any atom is -0.369 e. The van der Waals surface area contributed by atoms with Crippen LogP contribution in [-0.2, 0) is 10.0 Å². The van der Waals surface area contributed by atoms with E-state index in [4.69, 9.17) is 0 Å². The van der Waals surface area contributed by atoms with E-state index < -0.39 is 10.0 Å². The Balaban J connectivity index is 2.23.